The summed E-state index contributed by atoms with van der Waals surface area (Å²) in [4.78, 5) is 0. The van der Waals surface area contributed by atoms with Gasteiger partial charge in [-0.15, -0.1) is 0 Å². The molecule has 0 bridgehead atoms. The number of benzene rings is 7. The lowest BCUT2D eigenvalue weighted by Gasteiger charge is -2.17. The molecule has 210 valence electrons. The SMILES string of the molecule is Oc1ccc(-c2ccccc2-c2ccccc2-c2cccc(-c3ccccc3-c3ccccc3-c3ccc(O)cc3)c2)cc1. The molecule has 0 amide bonds. The predicted molar refractivity (Wildman–Crippen MR) is 182 cm³/mol. The maximum Gasteiger partial charge on any atom is 0.115 e. The third kappa shape index (κ3) is 5.26. The summed E-state index contributed by atoms with van der Waals surface area (Å²) in [5.41, 5.74) is 13.5. The molecule has 0 heterocycles. The summed E-state index contributed by atoms with van der Waals surface area (Å²) >= 11 is 0. The van der Waals surface area contributed by atoms with Crippen LogP contribution in [0, 0.1) is 0 Å². The van der Waals surface area contributed by atoms with Crippen LogP contribution in [0.2, 0.25) is 0 Å². The molecule has 44 heavy (non-hydrogen) atoms. The third-order valence-electron chi connectivity index (χ3n) is 8.13. The molecule has 0 radical (unpaired) electrons. The average Bonchev–Trinajstić information content (AvgIpc) is 3.09. The normalized spacial score (nSPS) is 10.9. The molecule has 7 aromatic rings. The number of phenolic OH excluding ortho intramolecular Hbond substituents is 2. The Morgan fingerprint density at radius 2 is 0.500 bits per heavy atom. The second-order valence-electron chi connectivity index (χ2n) is 10.9. The molecular weight excluding hydrogens is 536 g/mol. The van der Waals surface area contributed by atoms with Gasteiger partial charge in [0, 0.05) is 0 Å². The van der Waals surface area contributed by atoms with E-state index in [9.17, 15) is 10.2 Å². The van der Waals surface area contributed by atoms with Crippen molar-refractivity contribution in [2.45, 2.75) is 0 Å². The maximum absolute atomic E-state index is 9.87. The average molecular weight is 567 g/mol. The highest BCUT2D eigenvalue weighted by molar-refractivity contribution is 5.95. The molecule has 0 saturated heterocycles. The third-order valence-corrected chi connectivity index (χ3v) is 8.13. The standard InChI is InChI=1S/C42H30O2/c43-33-24-20-29(21-25-33)35-12-1-5-16-39(35)41-18-7-3-14-37(41)31-10-9-11-32(28-31)38-15-4-8-19-42(38)40-17-6-2-13-36(40)30-22-26-34(44)27-23-30/h1-28,43-44H. The fourth-order valence-electron chi connectivity index (χ4n) is 6.02. The molecule has 0 aliphatic heterocycles. The van der Waals surface area contributed by atoms with Gasteiger partial charge in [-0.3, -0.25) is 0 Å². The van der Waals surface area contributed by atoms with E-state index in [1.54, 1.807) is 24.3 Å². The monoisotopic (exact) mass is 566 g/mol. The van der Waals surface area contributed by atoms with E-state index in [-0.39, 0.29) is 11.5 Å². The van der Waals surface area contributed by atoms with E-state index in [1.165, 1.54) is 0 Å². The summed E-state index contributed by atoms with van der Waals surface area (Å²) in [7, 11) is 0. The minimum atomic E-state index is 0.259. The number of hydrogen-bond acceptors (Lipinski definition) is 2. The Balaban J connectivity index is 1.34. The Labute approximate surface area is 257 Å². The van der Waals surface area contributed by atoms with Gasteiger partial charge in [0.1, 0.15) is 11.5 Å². The van der Waals surface area contributed by atoms with Gasteiger partial charge in [0.15, 0.2) is 0 Å². The van der Waals surface area contributed by atoms with Gasteiger partial charge >= 0.3 is 0 Å². The van der Waals surface area contributed by atoms with Crippen LogP contribution in [0.15, 0.2) is 170 Å². The highest BCUT2D eigenvalue weighted by atomic mass is 16.3. The van der Waals surface area contributed by atoms with E-state index in [0.29, 0.717) is 0 Å². The van der Waals surface area contributed by atoms with Crippen LogP contribution < -0.4 is 0 Å². The van der Waals surface area contributed by atoms with Crippen LogP contribution in [0.25, 0.3) is 66.8 Å². The first-order valence-corrected chi connectivity index (χ1v) is 14.7. The Morgan fingerprint density at radius 3 is 0.818 bits per heavy atom. The lowest BCUT2D eigenvalue weighted by atomic mass is 9.87. The number of phenols is 2. The van der Waals surface area contributed by atoms with E-state index in [1.807, 2.05) is 24.3 Å². The number of rotatable bonds is 6. The fraction of sp³-hybridized carbons (Fsp3) is 0. The zero-order valence-corrected chi connectivity index (χ0v) is 24.1. The van der Waals surface area contributed by atoms with E-state index in [0.717, 1.165) is 66.8 Å². The van der Waals surface area contributed by atoms with Crippen LogP contribution in [-0.2, 0) is 0 Å². The van der Waals surface area contributed by atoms with Crippen molar-refractivity contribution in [2.24, 2.45) is 0 Å². The molecule has 0 spiro atoms. The van der Waals surface area contributed by atoms with Crippen molar-refractivity contribution in [1.82, 2.24) is 0 Å². The van der Waals surface area contributed by atoms with E-state index < -0.39 is 0 Å². The minimum Gasteiger partial charge on any atom is -0.508 e. The molecule has 2 nitrogen and oxygen atoms in total. The van der Waals surface area contributed by atoms with Gasteiger partial charge in [-0.05, 0) is 97.1 Å². The second-order valence-corrected chi connectivity index (χ2v) is 10.9. The molecule has 2 N–H and O–H groups in total. The molecule has 0 aliphatic carbocycles. The number of aromatic hydroxyl groups is 2. The predicted octanol–water partition coefficient (Wildman–Crippen LogP) is 11.1. The Bertz CT molecular complexity index is 1920. The smallest absolute Gasteiger partial charge is 0.115 e. The zero-order valence-electron chi connectivity index (χ0n) is 24.1. The second kappa shape index (κ2) is 11.8. The van der Waals surface area contributed by atoms with Gasteiger partial charge in [-0.1, -0.05) is 140 Å². The van der Waals surface area contributed by atoms with Crippen molar-refractivity contribution in [3.05, 3.63) is 170 Å². The van der Waals surface area contributed by atoms with E-state index >= 15 is 0 Å². The van der Waals surface area contributed by atoms with Crippen LogP contribution in [-0.4, -0.2) is 10.2 Å². The lowest BCUT2D eigenvalue weighted by Crippen LogP contribution is -1.91. The summed E-state index contributed by atoms with van der Waals surface area (Å²) in [6.07, 6.45) is 0. The highest BCUT2D eigenvalue weighted by Gasteiger charge is 2.15. The van der Waals surface area contributed by atoms with E-state index in [2.05, 4.69) is 121 Å². The summed E-state index contributed by atoms with van der Waals surface area (Å²) in [6, 6.07) is 57.6. The summed E-state index contributed by atoms with van der Waals surface area (Å²) in [6.45, 7) is 0. The summed E-state index contributed by atoms with van der Waals surface area (Å²) in [5.74, 6) is 0.517. The van der Waals surface area contributed by atoms with Crippen LogP contribution in [0.5, 0.6) is 11.5 Å². The molecule has 7 rings (SSSR count). The van der Waals surface area contributed by atoms with Crippen LogP contribution in [0.4, 0.5) is 0 Å². The fourth-order valence-corrected chi connectivity index (χ4v) is 6.02. The zero-order chi connectivity index (χ0) is 29.9. The van der Waals surface area contributed by atoms with Crippen LogP contribution in [0.1, 0.15) is 0 Å². The van der Waals surface area contributed by atoms with Gasteiger partial charge < -0.3 is 10.2 Å². The quantitative estimate of drug-likeness (QED) is 0.210. The Hall–Kier alpha value is -5.86. The molecule has 0 unspecified atom stereocenters. The molecule has 0 atom stereocenters. The van der Waals surface area contributed by atoms with Crippen LogP contribution >= 0.6 is 0 Å². The first-order valence-electron chi connectivity index (χ1n) is 14.7. The number of hydrogen-bond donors (Lipinski definition) is 2. The van der Waals surface area contributed by atoms with Crippen LogP contribution in [0.3, 0.4) is 0 Å². The minimum absolute atomic E-state index is 0.259. The highest BCUT2D eigenvalue weighted by Crippen LogP contribution is 2.42. The van der Waals surface area contributed by atoms with Gasteiger partial charge in [-0.2, -0.15) is 0 Å². The van der Waals surface area contributed by atoms with Gasteiger partial charge in [0.2, 0.25) is 0 Å². The van der Waals surface area contributed by atoms with Crippen molar-refractivity contribution in [3.8, 4) is 78.3 Å². The van der Waals surface area contributed by atoms with Gasteiger partial charge in [0.25, 0.3) is 0 Å². The first kappa shape index (κ1) is 27.0. The van der Waals surface area contributed by atoms with Gasteiger partial charge in [0.05, 0.1) is 0 Å². The van der Waals surface area contributed by atoms with Crippen molar-refractivity contribution in [2.75, 3.05) is 0 Å². The van der Waals surface area contributed by atoms with Crippen molar-refractivity contribution in [1.29, 1.82) is 0 Å². The van der Waals surface area contributed by atoms with E-state index in [4.69, 9.17) is 0 Å². The summed E-state index contributed by atoms with van der Waals surface area (Å²) < 4.78 is 0. The Kier molecular flexibility index (Phi) is 7.24. The lowest BCUT2D eigenvalue weighted by molar-refractivity contribution is 0.475. The molecule has 0 saturated carbocycles. The molecule has 7 aromatic carbocycles. The largest absolute Gasteiger partial charge is 0.508 e. The van der Waals surface area contributed by atoms with Crippen molar-refractivity contribution < 1.29 is 10.2 Å². The molecule has 0 aromatic heterocycles. The molecular formula is C42H30O2. The maximum atomic E-state index is 9.87. The summed E-state index contributed by atoms with van der Waals surface area (Å²) in [5, 5.41) is 19.7. The topological polar surface area (TPSA) is 40.5 Å². The van der Waals surface area contributed by atoms with Crippen molar-refractivity contribution >= 4 is 0 Å². The molecule has 0 aliphatic rings. The van der Waals surface area contributed by atoms with Crippen molar-refractivity contribution in [3.63, 3.8) is 0 Å². The molecule has 2 heteroatoms. The van der Waals surface area contributed by atoms with Gasteiger partial charge in [-0.25, -0.2) is 0 Å². The Morgan fingerprint density at radius 1 is 0.227 bits per heavy atom. The first-order chi connectivity index (χ1) is 21.7. The molecule has 0 fully saturated rings.